The van der Waals surface area contributed by atoms with Gasteiger partial charge in [0.1, 0.15) is 16.9 Å². The van der Waals surface area contributed by atoms with Crippen LogP contribution in [0.4, 0.5) is 0 Å². The van der Waals surface area contributed by atoms with E-state index in [0.29, 0.717) is 11.1 Å². The highest BCUT2D eigenvalue weighted by molar-refractivity contribution is 5.98. The number of fused-ring (bicyclic) bond motifs is 2. The first-order chi connectivity index (χ1) is 9.02. The number of nitrogens with two attached hydrogens (primary N) is 1. The maximum Gasteiger partial charge on any atom is 0.341 e. The lowest BCUT2D eigenvalue weighted by atomic mass is 10.0. The van der Waals surface area contributed by atoms with Gasteiger partial charge in [-0.15, -0.1) is 0 Å². The van der Waals surface area contributed by atoms with E-state index in [9.17, 15) is 4.79 Å². The fourth-order valence-corrected chi connectivity index (χ4v) is 2.58. The van der Waals surface area contributed by atoms with Gasteiger partial charge in [0.15, 0.2) is 0 Å². The number of hydrogen-bond donors (Lipinski definition) is 1. The third-order valence-corrected chi connectivity index (χ3v) is 3.61. The monoisotopic (exact) mass is 257 g/mol. The van der Waals surface area contributed by atoms with Crippen LogP contribution in [0.3, 0.4) is 0 Å². The van der Waals surface area contributed by atoms with Crippen molar-refractivity contribution >= 4 is 21.9 Å². The van der Waals surface area contributed by atoms with E-state index < -0.39 is 0 Å². The van der Waals surface area contributed by atoms with Gasteiger partial charge in [-0.1, -0.05) is 0 Å². The Morgan fingerprint density at radius 2 is 1.79 bits per heavy atom. The Balaban J connectivity index is 2.57. The molecule has 2 aromatic heterocycles. The van der Waals surface area contributed by atoms with Crippen molar-refractivity contribution in [1.82, 2.24) is 0 Å². The summed E-state index contributed by atoms with van der Waals surface area (Å²) in [6.45, 7) is 5.89. The standard InChI is InChI=1S/C15H15NO3/c1-7-4-10-5-11-8(2)12(6-16)15(17)19-14(11)9(3)13(10)18-7/h4-5H,6,16H2,1-3H3. The number of aryl methyl sites for hydroxylation is 3. The summed E-state index contributed by atoms with van der Waals surface area (Å²) in [5, 5.41) is 1.94. The molecule has 0 spiro atoms. The Bertz CT molecular complexity index is 855. The number of furan rings is 1. The van der Waals surface area contributed by atoms with Crippen molar-refractivity contribution < 1.29 is 8.83 Å². The van der Waals surface area contributed by atoms with Gasteiger partial charge in [0.25, 0.3) is 0 Å². The van der Waals surface area contributed by atoms with Gasteiger partial charge in [0.2, 0.25) is 0 Å². The van der Waals surface area contributed by atoms with Crippen LogP contribution >= 0.6 is 0 Å². The van der Waals surface area contributed by atoms with Crippen molar-refractivity contribution in [3.63, 3.8) is 0 Å². The van der Waals surface area contributed by atoms with Crippen molar-refractivity contribution in [3.8, 4) is 0 Å². The van der Waals surface area contributed by atoms with E-state index in [4.69, 9.17) is 14.6 Å². The Morgan fingerprint density at radius 3 is 2.47 bits per heavy atom. The van der Waals surface area contributed by atoms with Gasteiger partial charge in [-0.05, 0) is 38.5 Å². The number of hydrogen-bond acceptors (Lipinski definition) is 4. The Kier molecular flexibility index (Phi) is 2.50. The van der Waals surface area contributed by atoms with Gasteiger partial charge >= 0.3 is 5.63 Å². The van der Waals surface area contributed by atoms with Gasteiger partial charge in [0, 0.05) is 22.9 Å². The van der Waals surface area contributed by atoms with Crippen LogP contribution in [0, 0.1) is 20.8 Å². The lowest BCUT2D eigenvalue weighted by Crippen LogP contribution is -2.14. The molecule has 0 bridgehead atoms. The molecule has 2 N–H and O–H groups in total. The summed E-state index contributed by atoms with van der Waals surface area (Å²) in [6.07, 6.45) is 0. The lowest BCUT2D eigenvalue weighted by Gasteiger charge is -2.08. The van der Waals surface area contributed by atoms with Crippen LogP contribution in [0.5, 0.6) is 0 Å². The second-order valence-electron chi connectivity index (χ2n) is 4.85. The molecule has 0 aliphatic rings. The molecule has 3 rings (SSSR count). The molecule has 0 unspecified atom stereocenters. The summed E-state index contributed by atoms with van der Waals surface area (Å²) in [6, 6.07) is 3.97. The van der Waals surface area contributed by atoms with E-state index in [0.717, 1.165) is 33.2 Å². The first-order valence-electron chi connectivity index (χ1n) is 6.19. The molecule has 2 heterocycles. The first kappa shape index (κ1) is 12.0. The minimum absolute atomic E-state index is 0.186. The van der Waals surface area contributed by atoms with Gasteiger partial charge in [0.05, 0.1) is 5.56 Å². The average molecular weight is 257 g/mol. The van der Waals surface area contributed by atoms with E-state index >= 15 is 0 Å². The van der Waals surface area contributed by atoms with Crippen molar-refractivity contribution in [1.29, 1.82) is 0 Å². The molecular formula is C15H15NO3. The molecule has 19 heavy (non-hydrogen) atoms. The molecule has 0 saturated carbocycles. The molecule has 0 aliphatic carbocycles. The quantitative estimate of drug-likeness (QED) is 0.680. The second-order valence-corrected chi connectivity index (χ2v) is 4.85. The third kappa shape index (κ3) is 1.60. The van der Waals surface area contributed by atoms with Crippen LogP contribution in [-0.2, 0) is 6.54 Å². The molecule has 3 aromatic rings. The molecule has 0 saturated heterocycles. The van der Waals surface area contributed by atoms with Crippen LogP contribution in [0.1, 0.15) is 22.5 Å². The van der Waals surface area contributed by atoms with Crippen LogP contribution in [0.15, 0.2) is 25.8 Å². The summed E-state index contributed by atoms with van der Waals surface area (Å²) in [5.74, 6) is 0.840. The summed E-state index contributed by atoms with van der Waals surface area (Å²) >= 11 is 0. The first-order valence-corrected chi connectivity index (χ1v) is 6.19. The Hall–Kier alpha value is -2.07. The van der Waals surface area contributed by atoms with Crippen LogP contribution < -0.4 is 11.4 Å². The maximum atomic E-state index is 11.9. The SMILES string of the molecule is Cc1cc2cc3c(C)c(CN)c(=O)oc3c(C)c2o1. The molecule has 0 amide bonds. The zero-order valence-electron chi connectivity index (χ0n) is 11.2. The zero-order valence-corrected chi connectivity index (χ0v) is 11.2. The van der Waals surface area contributed by atoms with Crippen molar-refractivity contribution in [2.45, 2.75) is 27.3 Å². The molecule has 0 fully saturated rings. The van der Waals surface area contributed by atoms with E-state index in [1.165, 1.54) is 0 Å². The van der Waals surface area contributed by atoms with Crippen LogP contribution in [0.25, 0.3) is 21.9 Å². The highest BCUT2D eigenvalue weighted by Crippen LogP contribution is 2.31. The molecule has 0 atom stereocenters. The summed E-state index contributed by atoms with van der Waals surface area (Å²) < 4.78 is 11.1. The number of rotatable bonds is 1. The highest BCUT2D eigenvalue weighted by atomic mass is 16.4. The molecule has 1 aromatic carbocycles. The fourth-order valence-electron chi connectivity index (χ4n) is 2.58. The predicted molar refractivity (Wildman–Crippen MR) is 74.4 cm³/mol. The lowest BCUT2D eigenvalue weighted by molar-refractivity contribution is 0.543. The van der Waals surface area contributed by atoms with E-state index in [2.05, 4.69) is 0 Å². The molecule has 4 nitrogen and oxygen atoms in total. The summed E-state index contributed by atoms with van der Waals surface area (Å²) in [4.78, 5) is 11.9. The Labute approximate surface area is 109 Å². The molecule has 0 radical (unpaired) electrons. The summed E-state index contributed by atoms with van der Waals surface area (Å²) in [7, 11) is 0. The van der Waals surface area contributed by atoms with Gasteiger partial charge in [-0.3, -0.25) is 0 Å². The minimum atomic E-state index is -0.363. The largest absolute Gasteiger partial charge is 0.461 e. The van der Waals surface area contributed by atoms with E-state index in [-0.39, 0.29) is 12.2 Å². The van der Waals surface area contributed by atoms with E-state index in [1.54, 1.807) is 0 Å². The summed E-state index contributed by atoms with van der Waals surface area (Å²) in [5.41, 5.74) is 8.88. The average Bonchev–Trinajstić information content (AvgIpc) is 2.73. The van der Waals surface area contributed by atoms with Crippen molar-refractivity contribution in [2.75, 3.05) is 0 Å². The van der Waals surface area contributed by atoms with Crippen molar-refractivity contribution in [3.05, 3.63) is 45.0 Å². The third-order valence-electron chi connectivity index (χ3n) is 3.61. The molecular weight excluding hydrogens is 242 g/mol. The minimum Gasteiger partial charge on any atom is -0.461 e. The number of benzene rings is 1. The van der Waals surface area contributed by atoms with Crippen LogP contribution in [-0.4, -0.2) is 0 Å². The van der Waals surface area contributed by atoms with Crippen molar-refractivity contribution in [2.24, 2.45) is 5.73 Å². The molecule has 4 heteroatoms. The maximum absolute atomic E-state index is 11.9. The zero-order chi connectivity index (χ0) is 13.7. The van der Waals surface area contributed by atoms with E-state index in [1.807, 2.05) is 32.9 Å². The Morgan fingerprint density at radius 1 is 1.05 bits per heavy atom. The normalized spacial score (nSPS) is 11.6. The predicted octanol–water partition coefficient (Wildman–Crippen LogP) is 2.92. The van der Waals surface area contributed by atoms with Gasteiger partial charge in [-0.2, -0.15) is 0 Å². The van der Waals surface area contributed by atoms with Gasteiger partial charge in [-0.25, -0.2) is 4.79 Å². The smallest absolute Gasteiger partial charge is 0.341 e. The topological polar surface area (TPSA) is 69.4 Å². The van der Waals surface area contributed by atoms with Gasteiger partial charge < -0.3 is 14.6 Å². The second kappa shape index (κ2) is 3.96. The van der Waals surface area contributed by atoms with Crippen LogP contribution in [0.2, 0.25) is 0 Å². The highest BCUT2D eigenvalue weighted by Gasteiger charge is 2.15. The molecule has 98 valence electrons. The fraction of sp³-hybridized carbons (Fsp3) is 0.267. The molecule has 0 aliphatic heterocycles.